The molecule has 2 amide bonds. The third-order valence-corrected chi connectivity index (χ3v) is 4.96. The van der Waals surface area contributed by atoms with Gasteiger partial charge < -0.3 is 14.6 Å². The van der Waals surface area contributed by atoms with Crippen LogP contribution in [0.3, 0.4) is 0 Å². The van der Waals surface area contributed by atoms with Gasteiger partial charge in [0.1, 0.15) is 6.26 Å². The van der Waals surface area contributed by atoms with E-state index in [1.807, 2.05) is 0 Å². The van der Waals surface area contributed by atoms with Gasteiger partial charge in [-0.05, 0) is 30.9 Å². The van der Waals surface area contributed by atoms with E-state index in [1.165, 1.54) is 30.7 Å². The quantitative estimate of drug-likeness (QED) is 0.622. The third kappa shape index (κ3) is 4.46. The van der Waals surface area contributed by atoms with E-state index < -0.39 is 10.8 Å². The first kappa shape index (κ1) is 18.9. The fourth-order valence-corrected chi connectivity index (χ4v) is 3.25. The number of nitrogens with zero attached hydrogens (tertiary/aromatic N) is 2. The average Bonchev–Trinajstić information content (AvgIpc) is 3.21. The first-order chi connectivity index (χ1) is 13.0. The van der Waals surface area contributed by atoms with E-state index in [4.69, 9.17) is 16.0 Å². The molecule has 0 atom stereocenters. The Morgan fingerprint density at radius 1 is 1.30 bits per heavy atom. The largest absolute Gasteiger partial charge is 0.472 e. The molecule has 1 aliphatic heterocycles. The molecule has 1 aliphatic rings. The van der Waals surface area contributed by atoms with Gasteiger partial charge in [0, 0.05) is 31.8 Å². The predicted molar refractivity (Wildman–Crippen MR) is 97.8 cm³/mol. The van der Waals surface area contributed by atoms with Crippen molar-refractivity contribution in [1.29, 1.82) is 0 Å². The highest BCUT2D eigenvalue weighted by Gasteiger charge is 2.25. The van der Waals surface area contributed by atoms with E-state index in [1.54, 1.807) is 11.0 Å². The Morgan fingerprint density at radius 2 is 2.04 bits per heavy atom. The topological polar surface area (TPSA) is 106 Å². The van der Waals surface area contributed by atoms with Crippen molar-refractivity contribution in [2.24, 2.45) is 5.92 Å². The first-order valence-electron chi connectivity index (χ1n) is 8.49. The van der Waals surface area contributed by atoms with Crippen LogP contribution in [0.25, 0.3) is 0 Å². The molecule has 0 aliphatic carbocycles. The molecule has 1 N–H and O–H groups in total. The van der Waals surface area contributed by atoms with Gasteiger partial charge in [-0.15, -0.1) is 0 Å². The maximum absolute atomic E-state index is 12.3. The Morgan fingerprint density at radius 3 is 2.67 bits per heavy atom. The molecule has 0 bridgehead atoms. The monoisotopic (exact) mass is 391 g/mol. The minimum absolute atomic E-state index is 0.0605. The summed E-state index contributed by atoms with van der Waals surface area (Å²) in [4.78, 5) is 36.6. The number of benzene rings is 1. The number of hydrogen-bond donors (Lipinski definition) is 1. The molecule has 2 heterocycles. The number of carbonyl (C=O) groups is 2. The Kier molecular flexibility index (Phi) is 5.75. The fraction of sp³-hybridized carbons (Fsp3) is 0.333. The Balaban J connectivity index is 1.51. The van der Waals surface area contributed by atoms with E-state index in [9.17, 15) is 19.7 Å². The molecule has 0 unspecified atom stereocenters. The fourth-order valence-electron chi connectivity index (χ4n) is 3.04. The van der Waals surface area contributed by atoms with Gasteiger partial charge in [-0.3, -0.25) is 19.7 Å². The summed E-state index contributed by atoms with van der Waals surface area (Å²) in [6.45, 7) is 1.62. The summed E-state index contributed by atoms with van der Waals surface area (Å²) in [6.07, 6.45) is 4.41. The van der Waals surface area contributed by atoms with Crippen LogP contribution >= 0.6 is 11.6 Å². The van der Waals surface area contributed by atoms with Crippen molar-refractivity contribution >= 4 is 29.1 Å². The Bertz CT molecular complexity index is 845. The van der Waals surface area contributed by atoms with Crippen molar-refractivity contribution in [3.8, 4) is 0 Å². The zero-order valence-electron chi connectivity index (χ0n) is 14.4. The van der Waals surface area contributed by atoms with Crippen molar-refractivity contribution in [2.45, 2.75) is 12.8 Å². The minimum atomic E-state index is -0.570. The Hall–Kier alpha value is -2.87. The van der Waals surface area contributed by atoms with E-state index >= 15 is 0 Å². The summed E-state index contributed by atoms with van der Waals surface area (Å²) in [6, 6.07) is 5.40. The summed E-state index contributed by atoms with van der Waals surface area (Å²) in [5, 5.41) is 13.8. The lowest BCUT2D eigenvalue weighted by molar-refractivity contribution is -0.384. The molecule has 1 fully saturated rings. The van der Waals surface area contributed by atoms with Crippen LogP contribution < -0.4 is 5.32 Å². The van der Waals surface area contributed by atoms with Gasteiger partial charge in [-0.25, -0.2) is 0 Å². The molecule has 8 nitrogen and oxygen atoms in total. The summed E-state index contributed by atoms with van der Waals surface area (Å²) in [5.74, 6) is -0.282. The molecular formula is C18H18ClN3O5. The molecule has 27 heavy (non-hydrogen) atoms. The highest BCUT2D eigenvalue weighted by atomic mass is 35.5. The summed E-state index contributed by atoms with van der Waals surface area (Å²) in [5.41, 5.74) is 0.427. The van der Waals surface area contributed by atoms with Crippen LogP contribution in [0.2, 0.25) is 5.02 Å². The number of non-ortho nitro benzene ring substituents is 1. The van der Waals surface area contributed by atoms with Gasteiger partial charge in [0.2, 0.25) is 0 Å². The molecule has 142 valence electrons. The van der Waals surface area contributed by atoms with Gasteiger partial charge in [-0.2, -0.15) is 0 Å². The van der Waals surface area contributed by atoms with Crippen LogP contribution in [0.1, 0.15) is 33.6 Å². The normalized spacial score (nSPS) is 14.8. The Labute approximate surface area is 160 Å². The summed E-state index contributed by atoms with van der Waals surface area (Å²) in [7, 11) is 0. The van der Waals surface area contributed by atoms with E-state index in [0.29, 0.717) is 25.2 Å². The molecule has 9 heteroatoms. The van der Waals surface area contributed by atoms with Crippen LogP contribution in [0, 0.1) is 16.0 Å². The number of carbonyl (C=O) groups excluding carboxylic acids is 2. The van der Waals surface area contributed by atoms with E-state index in [2.05, 4.69) is 5.32 Å². The second-order valence-electron chi connectivity index (χ2n) is 6.38. The first-order valence-corrected chi connectivity index (χ1v) is 8.87. The van der Waals surface area contributed by atoms with Gasteiger partial charge >= 0.3 is 0 Å². The van der Waals surface area contributed by atoms with Gasteiger partial charge in [0.25, 0.3) is 17.5 Å². The number of nitro benzene ring substituents is 1. The van der Waals surface area contributed by atoms with Crippen molar-refractivity contribution in [3.05, 3.63) is 63.1 Å². The number of halogens is 1. The molecule has 2 aromatic rings. The number of nitro groups is 1. The average molecular weight is 392 g/mol. The van der Waals surface area contributed by atoms with Crippen molar-refractivity contribution in [1.82, 2.24) is 10.2 Å². The number of piperidine rings is 1. The molecular weight excluding hydrogens is 374 g/mol. The highest BCUT2D eigenvalue weighted by molar-refractivity contribution is 6.33. The number of nitrogens with one attached hydrogen (secondary N) is 1. The third-order valence-electron chi connectivity index (χ3n) is 4.63. The minimum Gasteiger partial charge on any atom is -0.472 e. The lowest BCUT2D eigenvalue weighted by Gasteiger charge is -2.31. The number of rotatable bonds is 5. The van der Waals surface area contributed by atoms with Crippen LogP contribution in [0.5, 0.6) is 0 Å². The molecule has 3 rings (SSSR count). The smallest absolute Gasteiger partial charge is 0.270 e. The van der Waals surface area contributed by atoms with E-state index in [-0.39, 0.29) is 28.1 Å². The molecule has 0 saturated carbocycles. The zero-order valence-corrected chi connectivity index (χ0v) is 15.1. The van der Waals surface area contributed by atoms with Crippen LogP contribution in [-0.2, 0) is 0 Å². The second kappa shape index (κ2) is 8.22. The second-order valence-corrected chi connectivity index (χ2v) is 6.79. The van der Waals surface area contributed by atoms with Gasteiger partial charge in [0.05, 0.1) is 27.3 Å². The molecule has 1 aromatic heterocycles. The lowest BCUT2D eigenvalue weighted by atomic mass is 9.96. The highest BCUT2D eigenvalue weighted by Crippen LogP contribution is 2.23. The van der Waals surface area contributed by atoms with E-state index in [0.717, 1.165) is 12.8 Å². The predicted octanol–water partition coefficient (Wildman–Crippen LogP) is 3.12. The van der Waals surface area contributed by atoms with Gasteiger partial charge in [-0.1, -0.05) is 11.6 Å². The molecule has 1 saturated heterocycles. The lowest BCUT2D eigenvalue weighted by Crippen LogP contribution is -2.41. The maximum atomic E-state index is 12.3. The van der Waals surface area contributed by atoms with Crippen molar-refractivity contribution in [2.75, 3.05) is 19.6 Å². The number of likely N-dealkylation sites (tertiary alicyclic amines) is 1. The standard InChI is InChI=1S/C18H18ClN3O5/c19-16-2-1-14(22(25)26)9-15(16)17(23)20-10-12-3-6-21(7-4-12)18(24)13-5-8-27-11-13/h1-2,5,8-9,11-12H,3-4,6-7,10H2,(H,20,23). The molecule has 1 aromatic carbocycles. The van der Waals surface area contributed by atoms with Crippen molar-refractivity contribution in [3.63, 3.8) is 0 Å². The molecule has 0 spiro atoms. The van der Waals surface area contributed by atoms with Crippen LogP contribution in [0.4, 0.5) is 5.69 Å². The number of furan rings is 1. The number of amides is 2. The van der Waals surface area contributed by atoms with Crippen LogP contribution in [0.15, 0.2) is 41.2 Å². The SMILES string of the molecule is O=C(NCC1CCN(C(=O)c2ccoc2)CC1)c1cc([N+](=O)[O-])ccc1Cl. The zero-order chi connectivity index (χ0) is 19.4. The maximum Gasteiger partial charge on any atom is 0.270 e. The molecule has 0 radical (unpaired) electrons. The summed E-state index contributed by atoms with van der Waals surface area (Å²) >= 11 is 5.98. The van der Waals surface area contributed by atoms with Crippen LogP contribution in [-0.4, -0.2) is 41.3 Å². The number of hydrogen-bond acceptors (Lipinski definition) is 5. The van der Waals surface area contributed by atoms with Crippen molar-refractivity contribution < 1.29 is 18.9 Å². The summed E-state index contributed by atoms with van der Waals surface area (Å²) < 4.78 is 4.94. The van der Waals surface area contributed by atoms with Gasteiger partial charge in [0.15, 0.2) is 0 Å².